The summed E-state index contributed by atoms with van der Waals surface area (Å²) in [6.45, 7) is 5.59. The molecule has 0 amide bonds. The summed E-state index contributed by atoms with van der Waals surface area (Å²) >= 11 is -1.38. The Kier molecular flexibility index (Phi) is 3.97. The smallest absolute Gasteiger partial charge is 0.175 e. The van der Waals surface area contributed by atoms with Crippen LogP contribution in [0.25, 0.3) is 27.8 Å². The Morgan fingerprint density at radius 2 is 1.97 bits per heavy atom. The molecule has 1 atom stereocenters. The van der Waals surface area contributed by atoms with E-state index < -0.39 is 28.5 Å². The Hall–Kier alpha value is -2.98. The van der Waals surface area contributed by atoms with Gasteiger partial charge in [0.1, 0.15) is 34.8 Å². The summed E-state index contributed by atoms with van der Waals surface area (Å²) in [5.74, 6) is -0.0755. The van der Waals surface area contributed by atoms with E-state index in [1.165, 1.54) is 28.6 Å². The Morgan fingerprint density at radius 3 is 2.70 bits per heavy atom. The van der Waals surface area contributed by atoms with Crippen LogP contribution < -0.4 is 5.32 Å². The maximum atomic E-state index is 15.9. The Balaban J connectivity index is 1.80. The Morgan fingerprint density at radius 1 is 1.20 bits per heavy atom. The van der Waals surface area contributed by atoms with E-state index in [9.17, 15) is 8.94 Å². The molecule has 0 radical (unpaired) electrons. The van der Waals surface area contributed by atoms with E-state index in [0.717, 1.165) is 0 Å². The second-order valence-corrected chi connectivity index (χ2v) is 9.03. The monoisotopic (exact) mass is 428 g/mol. The fourth-order valence-electron chi connectivity index (χ4n) is 4.01. The van der Waals surface area contributed by atoms with Crippen LogP contribution in [0.5, 0.6) is 0 Å². The van der Waals surface area contributed by atoms with Crippen molar-refractivity contribution in [3.63, 3.8) is 0 Å². The molecule has 0 saturated heterocycles. The number of rotatable bonds is 2. The van der Waals surface area contributed by atoms with Gasteiger partial charge in [0.15, 0.2) is 11.6 Å². The highest BCUT2D eigenvalue weighted by atomic mass is 32.2. The van der Waals surface area contributed by atoms with Gasteiger partial charge in [0, 0.05) is 17.0 Å². The maximum absolute atomic E-state index is 15.9. The highest BCUT2D eigenvalue weighted by Gasteiger charge is 2.36. The zero-order valence-electron chi connectivity index (χ0n) is 16.7. The molecule has 1 aliphatic heterocycles. The lowest BCUT2D eigenvalue weighted by Crippen LogP contribution is -2.36. The number of hydrogen-bond acceptors (Lipinski definition) is 5. The molecule has 10 heteroatoms. The fourth-order valence-corrected chi connectivity index (χ4v) is 4.67. The van der Waals surface area contributed by atoms with Crippen LogP contribution >= 0.6 is 0 Å². The molecule has 7 nitrogen and oxygen atoms in total. The molecule has 154 valence electrons. The van der Waals surface area contributed by atoms with Crippen LogP contribution in [0, 0.1) is 18.6 Å². The van der Waals surface area contributed by atoms with Crippen molar-refractivity contribution in [1.29, 1.82) is 0 Å². The van der Waals surface area contributed by atoms with Crippen molar-refractivity contribution in [2.75, 3.05) is 11.6 Å². The van der Waals surface area contributed by atoms with E-state index in [-0.39, 0.29) is 16.9 Å². The lowest BCUT2D eigenvalue weighted by atomic mass is 9.99. The van der Waals surface area contributed by atoms with Crippen LogP contribution in [0.4, 0.5) is 14.5 Å². The predicted octanol–water partition coefficient (Wildman–Crippen LogP) is 3.67. The molecule has 0 bridgehead atoms. The molecule has 3 aromatic heterocycles. The zero-order valence-corrected chi connectivity index (χ0v) is 17.5. The predicted molar refractivity (Wildman–Crippen MR) is 111 cm³/mol. The quantitative estimate of drug-likeness (QED) is 0.493. The first-order chi connectivity index (χ1) is 14.2. The SMILES string of the molecule is Cc1nnc2n1-c1c(cnc(-c3cc(F)cc4c3ccn4[S+](C)[O-])c1F)NC2(C)C. The van der Waals surface area contributed by atoms with Crippen molar-refractivity contribution in [3.05, 3.63) is 53.9 Å². The number of benzene rings is 1. The summed E-state index contributed by atoms with van der Waals surface area (Å²) in [7, 11) is 0. The van der Waals surface area contributed by atoms with Gasteiger partial charge in [-0.25, -0.2) is 8.78 Å². The summed E-state index contributed by atoms with van der Waals surface area (Å²) in [4.78, 5) is 4.32. The molecule has 0 spiro atoms. The van der Waals surface area contributed by atoms with Gasteiger partial charge in [-0.3, -0.25) is 9.55 Å². The van der Waals surface area contributed by atoms with Crippen LogP contribution in [0.3, 0.4) is 0 Å². The van der Waals surface area contributed by atoms with E-state index in [4.69, 9.17) is 0 Å². The highest BCUT2D eigenvalue weighted by Crippen LogP contribution is 2.41. The summed E-state index contributed by atoms with van der Waals surface area (Å²) in [5, 5.41) is 12.1. The van der Waals surface area contributed by atoms with E-state index in [1.54, 1.807) is 23.8 Å². The third-order valence-electron chi connectivity index (χ3n) is 5.32. The lowest BCUT2D eigenvalue weighted by Gasteiger charge is -2.33. The van der Waals surface area contributed by atoms with Crippen molar-refractivity contribution in [2.24, 2.45) is 0 Å². The zero-order chi connectivity index (χ0) is 21.4. The van der Waals surface area contributed by atoms with Gasteiger partial charge in [-0.2, -0.15) is 3.97 Å². The number of aryl methyl sites for hydroxylation is 1. The minimum Gasteiger partial charge on any atom is -0.593 e. The number of nitrogens with one attached hydrogen (secondary N) is 1. The van der Waals surface area contributed by atoms with Gasteiger partial charge in [-0.05, 0) is 32.9 Å². The van der Waals surface area contributed by atoms with Gasteiger partial charge < -0.3 is 9.87 Å². The number of aromatic nitrogens is 5. The number of hydrogen-bond donors (Lipinski definition) is 1. The van der Waals surface area contributed by atoms with Crippen molar-refractivity contribution in [2.45, 2.75) is 26.3 Å². The van der Waals surface area contributed by atoms with E-state index in [2.05, 4.69) is 20.5 Å². The number of pyridine rings is 1. The average molecular weight is 428 g/mol. The maximum Gasteiger partial charge on any atom is 0.175 e. The molecule has 1 unspecified atom stereocenters. The molecular weight excluding hydrogens is 410 g/mol. The molecule has 1 aliphatic rings. The molecule has 4 heterocycles. The molecule has 1 aromatic carbocycles. The molecular formula is C20H18F2N6OS. The molecule has 1 N–H and O–H groups in total. The van der Waals surface area contributed by atoms with E-state index >= 15 is 4.39 Å². The van der Waals surface area contributed by atoms with Crippen LogP contribution in [0.15, 0.2) is 30.6 Å². The number of halogens is 2. The third-order valence-corrected chi connectivity index (χ3v) is 6.19. The molecule has 4 aromatic rings. The summed E-state index contributed by atoms with van der Waals surface area (Å²) in [6, 6.07) is 4.20. The Labute approximate surface area is 174 Å². The molecule has 0 saturated carbocycles. The number of nitrogens with zero attached hydrogens (tertiary/aromatic N) is 5. The molecule has 0 aliphatic carbocycles. The summed E-state index contributed by atoms with van der Waals surface area (Å²) in [6.07, 6.45) is 4.61. The second-order valence-electron chi connectivity index (χ2n) is 7.79. The summed E-state index contributed by atoms with van der Waals surface area (Å²) < 4.78 is 45.4. The van der Waals surface area contributed by atoms with Crippen molar-refractivity contribution >= 4 is 28.0 Å². The normalized spacial score (nSPS) is 15.6. The van der Waals surface area contributed by atoms with Gasteiger partial charge >= 0.3 is 0 Å². The third kappa shape index (κ3) is 2.56. The molecule has 5 rings (SSSR count). The van der Waals surface area contributed by atoms with Crippen LogP contribution in [0.1, 0.15) is 25.5 Å². The first-order valence-corrected chi connectivity index (χ1v) is 10.7. The van der Waals surface area contributed by atoms with Gasteiger partial charge in [0.25, 0.3) is 0 Å². The molecule has 0 fully saturated rings. The van der Waals surface area contributed by atoms with E-state index in [1.807, 2.05) is 13.8 Å². The topological polar surface area (TPSA) is 83.6 Å². The number of anilines is 1. The van der Waals surface area contributed by atoms with Crippen molar-refractivity contribution in [1.82, 2.24) is 23.7 Å². The van der Waals surface area contributed by atoms with Gasteiger partial charge in [-0.1, -0.05) is 0 Å². The minimum absolute atomic E-state index is 0.00144. The van der Waals surface area contributed by atoms with Crippen molar-refractivity contribution < 1.29 is 13.3 Å². The average Bonchev–Trinajstić information content (AvgIpc) is 3.26. The Bertz CT molecular complexity index is 1330. The van der Waals surface area contributed by atoms with Crippen molar-refractivity contribution in [3.8, 4) is 16.9 Å². The van der Waals surface area contributed by atoms with Gasteiger partial charge in [0.2, 0.25) is 0 Å². The highest BCUT2D eigenvalue weighted by molar-refractivity contribution is 7.89. The summed E-state index contributed by atoms with van der Waals surface area (Å²) in [5.41, 5.74) is 0.859. The van der Waals surface area contributed by atoms with Crippen LogP contribution in [-0.2, 0) is 16.9 Å². The second kappa shape index (κ2) is 6.26. The lowest BCUT2D eigenvalue weighted by molar-refractivity contribution is 0.521. The first-order valence-electron chi connectivity index (χ1n) is 9.23. The van der Waals surface area contributed by atoms with Gasteiger partial charge in [0.05, 0.1) is 35.0 Å². The first kappa shape index (κ1) is 19.0. The van der Waals surface area contributed by atoms with Crippen LogP contribution in [0.2, 0.25) is 0 Å². The molecule has 30 heavy (non-hydrogen) atoms. The van der Waals surface area contributed by atoms with Gasteiger partial charge in [-0.15, -0.1) is 10.2 Å². The minimum atomic E-state index is -1.38. The standard InChI is InChI=1S/C20H18F2N6OS/c1-10-25-26-19-20(2,3)24-14-9-23-17(16(22)18(14)28(10)19)13-7-11(21)8-15-12(13)5-6-27(15)30(4)29/h5-9,24H,1-4H3. The number of fused-ring (bicyclic) bond motifs is 4. The van der Waals surface area contributed by atoms with Crippen LogP contribution in [-0.4, -0.2) is 34.5 Å². The fraction of sp³-hybridized carbons (Fsp3) is 0.250. The van der Waals surface area contributed by atoms with E-state index in [0.29, 0.717) is 28.2 Å². The largest absolute Gasteiger partial charge is 0.593 e.